The number of rotatable bonds is 2. The molecule has 1 saturated heterocycles. The molecule has 2 N–H and O–H groups in total. The van der Waals surface area contributed by atoms with E-state index in [1.165, 1.54) is 6.07 Å². The van der Waals surface area contributed by atoms with Crippen molar-refractivity contribution in [1.29, 1.82) is 5.26 Å². The first-order valence-electron chi connectivity index (χ1n) is 8.83. The Morgan fingerprint density at radius 2 is 2.18 bits per heavy atom. The van der Waals surface area contributed by atoms with Gasteiger partial charge in [0.1, 0.15) is 18.4 Å². The van der Waals surface area contributed by atoms with Crippen LogP contribution in [0.15, 0.2) is 17.2 Å². The number of alkyl halides is 3. The van der Waals surface area contributed by atoms with Crippen LogP contribution in [0.4, 0.5) is 24.5 Å². The molecule has 7 nitrogen and oxygen atoms in total. The Morgan fingerprint density at radius 3 is 2.82 bits per heavy atom. The van der Waals surface area contributed by atoms with Gasteiger partial charge in [-0.1, -0.05) is 0 Å². The van der Waals surface area contributed by atoms with E-state index in [2.05, 4.69) is 21.8 Å². The highest BCUT2D eigenvalue weighted by Crippen LogP contribution is 2.46. The molecule has 4 rings (SSSR count). The number of benzene rings is 1. The zero-order chi connectivity index (χ0) is 20.3. The summed E-state index contributed by atoms with van der Waals surface area (Å²) in [7, 11) is 0. The van der Waals surface area contributed by atoms with Crippen LogP contribution in [-0.2, 0) is 11.0 Å². The van der Waals surface area contributed by atoms with Crippen molar-refractivity contribution in [2.45, 2.75) is 44.2 Å². The van der Waals surface area contributed by atoms with Crippen LogP contribution in [0.3, 0.4) is 0 Å². The molecule has 1 atom stereocenters. The van der Waals surface area contributed by atoms with Gasteiger partial charge in [-0.25, -0.2) is 10.7 Å². The zero-order valence-corrected chi connectivity index (χ0v) is 15.2. The van der Waals surface area contributed by atoms with Crippen molar-refractivity contribution in [3.05, 3.63) is 17.7 Å². The van der Waals surface area contributed by atoms with Gasteiger partial charge in [-0.2, -0.15) is 18.3 Å². The van der Waals surface area contributed by atoms with Crippen LogP contribution in [0, 0.1) is 11.2 Å². The van der Waals surface area contributed by atoms with Gasteiger partial charge in [0.05, 0.1) is 11.3 Å². The number of fused-ring (bicyclic) bond motifs is 3. The smallest absolute Gasteiger partial charge is 0.418 e. The molecule has 28 heavy (non-hydrogen) atoms. The van der Waals surface area contributed by atoms with E-state index in [1.54, 1.807) is 18.7 Å². The second-order valence-corrected chi connectivity index (χ2v) is 7.62. The van der Waals surface area contributed by atoms with Crippen LogP contribution in [0.2, 0.25) is 12.6 Å². The lowest BCUT2D eigenvalue weighted by molar-refractivity contribution is -0.137. The van der Waals surface area contributed by atoms with Crippen molar-refractivity contribution >= 4 is 29.8 Å². The van der Waals surface area contributed by atoms with E-state index in [9.17, 15) is 18.0 Å². The third kappa shape index (κ3) is 2.93. The Balaban J connectivity index is 1.78. The number of nitrogens with one attached hydrogen (secondary N) is 2. The van der Waals surface area contributed by atoms with Crippen LogP contribution in [0.1, 0.15) is 19.4 Å². The van der Waals surface area contributed by atoms with Crippen LogP contribution in [0.5, 0.6) is 5.75 Å². The molecule has 1 aromatic rings. The summed E-state index contributed by atoms with van der Waals surface area (Å²) < 4.78 is 46.5. The Kier molecular flexibility index (Phi) is 3.99. The second kappa shape index (κ2) is 6.05. The highest BCUT2D eigenvalue weighted by atomic mass is 19.4. The van der Waals surface area contributed by atoms with Crippen molar-refractivity contribution in [3.63, 3.8) is 0 Å². The summed E-state index contributed by atoms with van der Waals surface area (Å²) in [6, 6.07) is 1.67. The van der Waals surface area contributed by atoms with Crippen LogP contribution in [0.25, 0.3) is 0 Å². The minimum absolute atomic E-state index is 0.0384. The van der Waals surface area contributed by atoms with Gasteiger partial charge in [-0.05, 0) is 38.6 Å². The summed E-state index contributed by atoms with van der Waals surface area (Å²) in [5.41, 5.74) is 1.18. The minimum Gasteiger partial charge on any atom is -0.483 e. The Labute approximate surface area is 159 Å². The first-order valence-corrected chi connectivity index (χ1v) is 8.83. The maximum Gasteiger partial charge on any atom is 0.418 e. The number of hydrazone groups is 1. The molecular formula is C17H17BF3N5O2. The monoisotopic (exact) mass is 391 g/mol. The predicted octanol–water partition coefficient (Wildman–Crippen LogP) is 2.48. The van der Waals surface area contributed by atoms with Gasteiger partial charge in [-0.15, -0.1) is 0 Å². The molecule has 3 heterocycles. The number of anilines is 2. The Hall–Kier alpha value is -2.90. The first kappa shape index (κ1) is 18.5. The van der Waals surface area contributed by atoms with Crippen molar-refractivity contribution < 1.29 is 22.7 Å². The number of halogens is 3. The standard InChI is InChI=1S/C17H17BF3N5O2/c1-9-15(27)25-24-14-5-28-13-3-10(17(19,20)21)11(4-12(13)26(9)14)23-16(2)6-18(7-16)8-22/h3-4,9,23H,5-7H2,1-2H3,(H,25,27). The van der Waals surface area contributed by atoms with Crippen molar-refractivity contribution in [2.75, 3.05) is 16.8 Å². The fraction of sp³-hybridized carbons (Fsp3) is 0.471. The fourth-order valence-corrected chi connectivity index (χ4v) is 3.96. The number of hydrogen-bond donors (Lipinski definition) is 2. The van der Waals surface area contributed by atoms with Gasteiger partial charge in [0.25, 0.3) is 12.6 Å². The van der Waals surface area contributed by atoms with Crippen LogP contribution >= 0.6 is 0 Å². The molecule has 1 unspecified atom stereocenters. The van der Waals surface area contributed by atoms with Gasteiger partial charge >= 0.3 is 6.18 Å². The lowest BCUT2D eigenvalue weighted by atomic mass is 9.30. The lowest BCUT2D eigenvalue weighted by Crippen LogP contribution is -2.55. The molecular weight excluding hydrogens is 374 g/mol. The number of amides is 1. The van der Waals surface area contributed by atoms with Crippen LogP contribution in [-0.4, -0.2) is 36.6 Å². The molecule has 0 saturated carbocycles. The number of nitriles is 1. The van der Waals surface area contributed by atoms with E-state index in [0.717, 1.165) is 6.07 Å². The van der Waals surface area contributed by atoms with Crippen molar-refractivity contribution in [2.24, 2.45) is 5.10 Å². The summed E-state index contributed by atoms with van der Waals surface area (Å²) in [6.45, 7) is 3.23. The highest BCUT2D eigenvalue weighted by Gasteiger charge is 2.46. The lowest BCUT2D eigenvalue weighted by Gasteiger charge is -2.43. The maximum atomic E-state index is 13.7. The molecule has 0 spiro atoms. The molecule has 146 valence electrons. The number of ether oxygens (including phenoxy) is 1. The van der Waals surface area contributed by atoms with E-state index >= 15 is 0 Å². The van der Waals surface area contributed by atoms with E-state index < -0.39 is 23.3 Å². The quantitative estimate of drug-likeness (QED) is 0.757. The Bertz CT molecular complexity index is 921. The number of nitrogens with zero attached hydrogens (tertiary/aromatic N) is 3. The van der Waals surface area contributed by atoms with Gasteiger partial charge in [0.2, 0.25) is 0 Å². The van der Waals surface area contributed by atoms with Gasteiger partial charge in [-0.3, -0.25) is 4.79 Å². The van der Waals surface area contributed by atoms with E-state index in [4.69, 9.17) is 10.00 Å². The summed E-state index contributed by atoms with van der Waals surface area (Å²) in [4.78, 5) is 13.6. The zero-order valence-electron chi connectivity index (χ0n) is 15.2. The van der Waals surface area contributed by atoms with Crippen molar-refractivity contribution in [1.82, 2.24) is 5.43 Å². The van der Waals surface area contributed by atoms with Gasteiger partial charge in [0.15, 0.2) is 5.84 Å². The second-order valence-electron chi connectivity index (χ2n) is 7.62. The molecule has 3 aliphatic rings. The average molecular weight is 391 g/mol. The maximum absolute atomic E-state index is 13.7. The number of amidine groups is 1. The van der Waals surface area contributed by atoms with Gasteiger partial charge in [0, 0.05) is 17.2 Å². The summed E-state index contributed by atoms with van der Waals surface area (Å²) >= 11 is 0. The number of hydrogen-bond acceptors (Lipinski definition) is 6. The Morgan fingerprint density at radius 1 is 1.46 bits per heavy atom. The largest absolute Gasteiger partial charge is 0.483 e. The average Bonchev–Trinajstić information content (AvgIpc) is 2.60. The molecule has 3 aliphatic heterocycles. The summed E-state index contributed by atoms with van der Waals surface area (Å²) in [5, 5.41) is 15.9. The summed E-state index contributed by atoms with van der Waals surface area (Å²) in [5.74, 6) is 2.25. The highest BCUT2D eigenvalue weighted by molar-refractivity contribution is 6.70. The molecule has 1 aromatic carbocycles. The van der Waals surface area contributed by atoms with Gasteiger partial charge < -0.3 is 15.0 Å². The van der Waals surface area contributed by atoms with Crippen molar-refractivity contribution in [3.8, 4) is 11.7 Å². The van der Waals surface area contributed by atoms with Crippen LogP contribution < -0.4 is 20.4 Å². The normalized spacial score (nSPS) is 22.6. The minimum atomic E-state index is -4.59. The molecule has 11 heteroatoms. The van der Waals surface area contributed by atoms with E-state index in [0.29, 0.717) is 24.2 Å². The fourth-order valence-electron chi connectivity index (χ4n) is 3.96. The molecule has 0 aromatic heterocycles. The number of carbonyl (C=O) groups is 1. The summed E-state index contributed by atoms with van der Waals surface area (Å²) in [6.07, 6.45) is -3.66. The molecule has 1 fully saturated rings. The first-order chi connectivity index (χ1) is 13.1. The predicted molar refractivity (Wildman–Crippen MR) is 97.5 cm³/mol. The number of carbonyl (C=O) groups excluding carboxylic acids is 1. The third-order valence-corrected chi connectivity index (χ3v) is 5.37. The molecule has 0 bridgehead atoms. The molecule has 0 radical (unpaired) electrons. The van der Waals surface area contributed by atoms with E-state index in [1.807, 2.05) is 0 Å². The van der Waals surface area contributed by atoms with E-state index in [-0.39, 0.29) is 30.7 Å². The molecule has 0 aliphatic carbocycles. The SMILES string of the molecule is CC1C(=O)NN=C2COc3cc(C(F)(F)F)c(NC4(C)CB(C#N)C4)cc3N21. The third-order valence-electron chi connectivity index (χ3n) is 5.37. The molecule has 1 amide bonds. The topological polar surface area (TPSA) is 89.7 Å².